The molecule has 7 nitrogen and oxygen atoms in total. The highest BCUT2D eigenvalue weighted by Crippen LogP contribution is 2.35. The molecule has 2 aromatic rings. The van der Waals surface area contributed by atoms with Crippen molar-refractivity contribution in [1.82, 2.24) is 15.5 Å². The number of carbonyl (C=O) groups excluding carboxylic acids is 2. The first kappa shape index (κ1) is 21.9. The second kappa shape index (κ2) is 9.78. The molecule has 0 bridgehead atoms. The van der Waals surface area contributed by atoms with E-state index in [1.165, 1.54) is 5.56 Å². The van der Waals surface area contributed by atoms with Gasteiger partial charge in [0.2, 0.25) is 5.91 Å². The molecule has 1 aliphatic rings. The van der Waals surface area contributed by atoms with E-state index in [0.29, 0.717) is 18.2 Å². The molecular formula is C23H32N4O3. The maximum Gasteiger partial charge on any atom is 0.407 e. The number of hydrogen-bond donors (Lipinski definition) is 3. The summed E-state index contributed by atoms with van der Waals surface area (Å²) in [5.41, 5.74) is 3.19. The van der Waals surface area contributed by atoms with Gasteiger partial charge in [-0.25, -0.2) is 4.79 Å². The van der Waals surface area contributed by atoms with E-state index in [9.17, 15) is 9.59 Å². The quantitative estimate of drug-likeness (QED) is 0.624. The zero-order valence-electron chi connectivity index (χ0n) is 18.2. The summed E-state index contributed by atoms with van der Waals surface area (Å²) in [6.07, 6.45) is 2.35. The molecule has 1 heterocycles. The van der Waals surface area contributed by atoms with Gasteiger partial charge >= 0.3 is 6.09 Å². The summed E-state index contributed by atoms with van der Waals surface area (Å²) in [4.78, 5) is 24.3. The Morgan fingerprint density at radius 2 is 1.97 bits per heavy atom. The van der Waals surface area contributed by atoms with Crippen LogP contribution in [0.2, 0.25) is 0 Å². The Hall–Kier alpha value is -2.83. The fourth-order valence-electron chi connectivity index (χ4n) is 3.98. The molecule has 1 aromatic heterocycles. The average Bonchev–Trinajstić information content (AvgIpc) is 3.30. The van der Waals surface area contributed by atoms with Gasteiger partial charge in [-0.05, 0) is 50.2 Å². The van der Waals surface area contributed by atoms with Crippen molar-refractivity contribution < 1.29 is 14.3 Å². The molecule has 0 spiro atoms. The van der Waals surface area contributed by atoms with Crippen molar-refractivity contribution in [2.45, 2.75) is 77.4 Å². The molecule has 2 amide bonds. The van der Waals surface area contributed by atoms with Gasteiger partial charge in [-0.1, -0.05) is 38.1 Å². The molecule has 1 aliphatic carbocycles. The number of benzene rings is 1. The van der Waals surface area contributed by atoms with Gasteiger partial charge in [-0.2, -0.15) is 5.10 Å². The van der Waals surface area contributed by atoms with E-state index in [1.807, 2.05) is 38.1 Å². The summed E-state index contributed by atoms with van der Waals surface area (Å²) in [7, 11) is 0. The molecule has 3 N–H and O–H groups in total. The lowest BCUT2D eigenvalue weighted by atomic mass is 9.95. The average molecular weight is 413 g/mol. The van der Waals surface area contributed by atoms with Crippen LogP contribution in [0, 0.1) is 0 Å². The smallest absolute Gasteiger partial charge is 0.407 e. The maximum atomic E-state index is 12.5. The lowest BCUT2D eigenvalue weighted by Crippen LogP contribution is -2.33. The van der Waals surface area contributed by atoms with Crippen LogP contribution in [0.25, 0.3) is 0 Å². The van der Waals surface area contributed by atoms with Gasteiger partial charge in [0.15, 0.2) is 5.82 Å². The Bertz CT molecular complexity index is 875. The predicted molar refractivity (Wildman–Crippen MR) is 117 cm³/mol. The molecule has 3 rings (SSSR count). The number of nitrogens with one attached hydrogen (secondary N) is 3. The highest BCUT2D eigenvalue weighted by Gasteiger charge is 2.30. The highest BCUT2D eigenvalue weighted by atomic mass is 16.6. The molecular weight excluding hydrogens is 380 g/mol. The second-order valence-corrected chi connectivity index (χ2v) is 8.62. The van der Waals surface area contributed by atoms with Gasteiger partial charge < -0.3 is 15.4 Å². The number of rotatable bonds is 7. The summed E-state index contributed by atoms with van der Waals surface area (Å²) in [6, 6.07) is 9.97. The first-order chi connectivity index (χ1) is 14.3. The van der Waals surface area contributed by atoms with Gasteiger partial charge in [-0.15, -0.1) is 0 Å². The topological polar surface area (TPSA) is 96.1 Å². The van der Waals surface area contributed by atoms with Crippen LogP contribution in [0.5, 0.6) is 0 Å². The molecule has 0 unspecified atom stereocenters. The van der Waals surface area contributed by atoms with E-state index in [0.717, 1.165) is 30.5 Å². The maximum absolute atomic E-state index is 12.5. The third kappa shape index (κ3) is 5.84. The minimum atomic E-state index is -0.366. The number of H-pyrrole nitrogens is 1. The number of ether oxygens (including phenoxy) is 1. The van der Waals surface area contributed by atoms with Crippen LogP contribution in [0.15, 0.2) is 30.3 Å². The zero-order chi connectivity index (χ0) is 21.7. The van der Waals surface area contributed by atoms with E-state index in [-0.39, 0.29) is 30.1 Å². The Morgan fingerprint density at radius 3 is 2.70 bits per heavy atom. The van der Waals surface area contributed by atoms with E-state index in [4.69, 9.17) is 4.74 Å². The summed E-state index contributed by atoms with van der Waals surface area (Å²) >= 11 is 0. The molecule has 0 radical (unpaired) electrons. The first-order valence-electron chi connectivity index (χ1n) is 10.7. The van der Waals surface area contributed by atoms with Crippen LogP contribution >= 0.6 is 0 Å². The van der Waals surface area contributed by atoms with E-state index in [1.54, 1.807) is 0 Å². The van der Waals surface area contributed by atoms with Crippen LogP contribution in [0.3, 0.4) is 0 Å². The summed E-state index contributed by atoms with van der Waals surface area (Å²) in [6.45, 7) is 8.06. The number of anilines is 1. The van der Waals surface area contributed by atoms with Gasteiger partial charge in [0.1, 0.15) is 6.10 Å². The molecule has 2 atom stereocenters. The molecule has 7 heteroatoms. The molecule has 0 aliphatic heterocycles. The third-order valence-electron chi connectivity index (χ3n) is 5.40. The van der Waals surface area contributed by atoms with Crippen molar-refractivity contribution in [2.75, 3.05) is 5.32 Å². The van der Waals surface area contributed by atoms with Crippen molar-refractivity contribution in [2.24, 2.45) is 0 Å². The predicted octanol–water partition coefficient (Wildman–Crippen LogP) is 4.49. The van der Waals surface area contributed by atoms with Crippen LogP contribution in [0.4, 0.5) is 10.6 Å². The van der Waals surface area contributed by atoms with Crippen molar-refractivity contribution >= 4 is 17.8 Å². The Kier molecular flexibility index (Phi) is 7.13. The van der Waals surface area contributed by atoms with Gasteiger partial charge in [0.05, 0.1) is 6.42 Å². The number of nitrogens with zero attached hydrogens (tertiary/aromatic N) is 1. The van der Waals surface area contributed by atoms with Crippen LogP contribution in [0.1, 0.15) is 75.6 Å². The largest absolute Gasteiger partial charge is 0.446 e. The number of alkyl carbamates (subject to hydrolysis) is 1. The van der Waals surface area contributed by atoms with Crippen LogP contribution in [-0.2, 0) is 16.0 Å². The summed E-state index contributed by atoms with van der Waals surface area (Å²) in [5.74, 6) is 1.05. The number of hydrogen-bond acceptors (Lipinski definition) is 4. The van der Waals surface area contributed by atoms with Crippen molar-refractivity contribution in [3.63, 3.8) is 0 Å². The zero-order valence-corrected chi connectivity index (χ0v) is 18.2. The third-order valence-corrected chi connectivity index (χ3v) is 5.40. The van der Waals surface area contributed by atoms with Crippen molar-refractivity contribution in [3.8, 4) is 0 Å². The minimum Gasteiger partial charge on any atom is -0.446 e. The Labute approximate surface area is 178 Å². The highest BCUT2D eigenvalue weighted by molar-refractivity contribution is 5.91. The van der Waals surface area contributed by atoms with E-state index in [2.05, 4.69) is 40.7 Å². The number of aromatic nitrogens is 2. The lowest BCUT2D eigenvalue weighted by molar-refractivity contribution is -0.115. The molecule has 1 aromatic carbocycles. The fraction of sp³-hybridized carbons (Fsp3) is 0.522. The summed E-state index contributed by atoms with van der Waals surface area (Å²) in [5, 5.41) is 12.9. The molecule has 0 saturated heterocycles. The SMILES string of the molecule is CC(C)NC(=O)O[C@@H]1CC[C@H](c2cc(NC(=O)Cc3ccccc3C(C)C)n[nH]2)C1. The summed E-state index contributed by atoms with van der Waals surface area (Å²) < 4.78 is 5.49. The van der Waals surface area contributed by atoms with Gasteiger partial charge in [0.25, 0.3) is 0 Å². The van der Waals surface area contributed by atoms with Crippen LogP contribution in [-0.4, -0.2) is 34.3 Å². The standard InChI is InChI=1S/C23H32N4O3/c1-14(2)19-8-6-5-7-16(19)12-22(28)25-21-13-20(26-27-21)17-9-10-18(11-17)30-23(29)24-15(3)4/h5-8,13-15,17-18H,9-12H2,1-4H3,(H,24,29)(H2,25,26,27,28)/t17-,18+/m0/s1. The molecule has 162 valence electrons. The van der Waals surface area contributed by atoms with E-state index < -0.39 is 0 Å². The van der Waals surface area contributed by atoms with E-state index >= 15 is 0 Å². The van der Waals surface area contributed by atoms with Crippen molar-refractivity contribution in [3.05, 3.63) is 47.2 Å². The first-order valence-corrected chi connectivity index (χ1v) is 10.7. The number of aromatic amines is 1. The van der Waals surface area contributed by atoms with Crippen molar-refractivity contribution in [1.29, 1.82) is 0 Å². The second-order valence-electron chi connectivity index (χ2n) is 8.62. The number of amides is 2. The normalized spacial score (nSPS) is 18.6. The monoisotopic (exact) mass is 412 g/mol. The Balaban J connectivity index is 1.53. The Morgan fingerprint density at radius 1 is 1.20 bits per heavy atom. The lowest BCUT2D eigenvalue weighted by Gasteiger charge is -2.14. The molecule has 30 heavy (non-hydrogen) atoms. The number of carbonyl (C=O) groups is 2. The van der Waals surface area contributed by atoms with Crippen LogP contribution < -0.4 is 10.6 Å². The van der Waals surface area contributed by atoms with Gasteiger partial charge in [0, 0.05) is 23.7 Å². The molecule has 1 saturated carbocycles. The molecule has 1 fully saturated rings. The fourth-order valence-corrected chi connectivity index (χ4v) is 3.98. The minimum absolute atomic E-state index is 0.0565. The van der Waals surface area contributed by atoms with Gasteiger partial charge in [-0.3, -0.25) is 9.89 Å².